The van der Waals surface area contributed by atoms with Crippen LogP contribution in [0.3, 0.4) is 0 Å². The van der Waals surface area contributed by atoms with Crippen molar-refractivity contribution in [3.05, 3.63) is 0 Å². The second-order valence-corrected chi connectivity index (χ2v) is 5.69. The summed E-state index contributed by atoms with van der Waals surface area (Å²) in [5, 5.41) is 6.45. The van der Waals surface area contributed by atoms with Crippen LogP contribution in [-0.2, 0) is 9.53 Å². The van der Waals surface area contributed by atoms with E-state index in [0.29, 0.717) is 5.41 Å². The van der Waals surface area contributed by atoms with E-state index in [4.69, 9.17) is 4.74 Å². The summed E-state index contributed by atoms with van der Waals surface area (Å²) in [6.45, 7) is 6.46. The third-order valence-electron chi connectivity index (χ3n) is 4.29. The number of halogens is 1. The van der Waals surface area contributed by atoms with Gasteiger partial charge in [-0.05, 0) is 57.5 Å². The van der Waals surface area contributed by atoms with Crippen LogP contribution in [0, 0.1) is 11.3 Å². The second-order valence-electron chi connectivity index (χ2n) is 5.69. The minimum Gasteiger partial charge on any atom is -0.382 e. The highest BCUT2D eigenvalue weighted by Crippen LogP contribution is 2.48. The fraction of sp³-hybridized carbons (Fsp3) is 0.929. The summed E-state index contributed by atoms with van der Waals surface area (Å²) in [6.07, 6.45) is 5.54. The first-order valence-electron chi connectivity index (χ1n) is 7.32. The molecule has 0 aromatic heterocycles. The summed E-state index contributed by atoms with van der Waals surface area (Å²) in [6, 6.07) is 0. The lowest BCUT2D eigenvalue weighted by Crippen LogP contribution is -2.40. The number of carbonyl (C=O) groups is 1. The summed E-state index contributed by atoms with van der Waals surface area (Å²) in [5.74, 6) is 0.494. The SMILES string of the molecule is CCOCCC1(CNC(=O)C2CCNCC2)CC1.Cl. The van der Waals surface area contributed by atoms with Gasteiger partial charge in [-0.2, -0.15) is 0 Å². The molecular formula is C14H27ClN2O2. The first kappa shape index (κ1) is 16.7. The van der Waals surface area contributed by atoms with Crippen molar-refractivity contribution in [3.63, 3.8) is 0 Å². The first-order chi connectivity index (χ1) is 8.76. The van der Waals surface area contributed by atoms with Crippen molar-refractivity contribution in [2.75, 3.05) is 32.8 Å². The molecule has 0 aromatic carbocycles. The molecule has 4 nitrogen and oxygen atoms in total. The predicted molar refractivity (Wildman–Crippen MR) is 78.6 cm³/mol. The van der Waals surface area contributed by atoms with Crippen LogP contribution in [0.2, 0.25) is 0 Å². The molecule has 0 aromatic rings. The smallest absolute Gasteiger partial charge is 0.223 e. The van der Waals surface area contributed by atoms with E-state index in [1.165, 1.54) is 12.8 Å². The molecule has 2 N–H and O–H groups in total. The molecule has 0 unspecified atom stereocenters. The zero-order chi connectivity index (χ0) is 12.8. The van der Waals surface area contributed by atoms with E-state index in [2.05, 4.69) is 10.6 Å². The van der Waals surface area contributed by atoms with Gasteiger partial charge in [-0.3, -0.25) is 4.79 Å². The summed E-state index contributed by atoms with van der Waals surface area (Å²) >= 11 is 0. The molecule has 1 aliphatic heterocycles. The lowest BCUT2D eigenvalue weighted by Gasteiger charge is -2.23. The number of hydrogen-bond donors (Lipinski definition) is 2. The molecule has 1 amide bonds. The van der Waals surface area contributed by atoms with Crippen molar-refractivity contribution in [2.45, 2.75) is 39.0 Å². The van der Waals surface area contributed by atoms with Crippen LogP contribution in [0.1, 0.15) is 39.0 Å². The van der Waals surface area contributed by atoms with E-state index >= 15 is 0 Å². The Morgan fingerprint density at radius 1 is 1.37 bits per heavy atom. The number of piperidine rings is 1. The number of carbonyl (C=O) groups excluding carboxylic acids is 1. The highest BCUT2D eigenvalue weighted by molar-refractivity contribution is 5.85. The molecular weight excluding hydrogens is 264 g/mol. The predicted octanol–water partition coefficient (Wildman–Crippen LogP) is 1.73. The van der Waals surface area contributed by atoms with E-state index in [-0.39, 0.29) is 24.2 Å². The molecule has 1 saturated heterocycles. The number of nitrogens with one attached hydrogen (secondary N) is 2. The summed E-state index contributed by atoms with van der Waals surface area (Å²) in [5.41, 5.74) is 0.359. The highest BCUT2D eigenvalue weighted by atomic mass is 35.5. The second kappa shape index (κ2) is 8.08. The number of amides is 1. The quantitative estimate of drug-likeness (QED) is 0.702. The van der Waals surface area contributed by atoms with E-state index < -0.39 is 0 Å². The van der Waals surface area contributed by atoms with E-state index in [1.54, 1.807) is 0 Å². The molecule has 2 aliphatic rings. The lowest BCUT2D eigenvalue weighted by atomic mass is 9.96. The van der Waals surface area contributed by atoms with Gasteiger partial charge in [-0.15, -0.1) is 12.4 Å². The van der Waals surface area contributed by atoms with Crippen molar-refractivity contribution >= 4 is 18.3 Å². The van der Waals surface area contributed by atoms with Crippen LogP contribution >= 0.6 is 12.4 Å². The van der Waals surface area contributed by atoms with Crippen molar-refractivity contribution in [1.82, 2.24) is 10.6 Å². The largest absolute Gasteiger partial charge is 0.382 e. The van der Waals surface area contributed by atoms with Gasteiger partial charge in [0.25, 0.3) is 0 Å². The van der Waals surface area contributed by atoms with Crippen LogP contribution in [0.5, 0.6) is 0 Å². The van der Waals surface area contributed by atoms with Gasteiger partial charge in [-0.1, -0.05) is 0 Å². The highest BCUT2D eigenvalue weighted by Gasteiger charge is 2.42. The first-order valence-corrected chi connectivity index (χ1v) is 7.32. The topological polar surface area (TPSA) is 50.4 Å². The Labute approximate surface area is 122 Å². The zero-order valence-electron chi connectivity index (χ0n) is 11.9. The Balaban J connectivity index is 0.00000180. The van der Waals surface area contributed by atoms with Gasteiger partial charge in [0.15, 0.2) is 0 Å². The molecule has 19 heavy (non-hydrogen) atoms. The Kier molecular flexibility index (Phi) is 7.11. The number of ether oxygens (including phenoxy) is 1. The molecule has 0 spiro atoms. The molecule has 5 heteroatoms. The lowest BCUT2D eigenvalue weighted by molar-refractivity contribution is -0.126. The van der Waals surface area contributed by atoms with Crippen molar-refractivity contribution < 1.29 is 9.53 Å². The normalized spacial score (nSPS) is 21.5. The van der Waals surface area contributed by atoms with Crippen LogP contribution in [0.25, 0.3) is 0 Å². The molecule has 1 aliphatic carbocycles. The maximum absolute atomic E-state index is 12.0. The number of rotatable bonds is 7. The van der Waals surface area contributed by atoms with E-state index in [0.717, 1.165) is 52.1 Å². The van der Waals surface area contributed by atoms with E-state index in [1.807, 2.05) is 6.92 Å². The number of hydrogen-bond acceptors (Lipinski definition) is 3. The van der Waals surface area contributed by atoms with Crippen LogP contribution < -0.4 is 10.6 Å². The van der Waals surface area contributed by atoms with Crippen LogP contribution in [0.15, 0.2) is 0 Å². The average molecular weight is 291 g/mol. The van der Waals surface area contributed by atoms with Gasteiger partial charge >= 0.3 is 0 Å². The summed E-state index contributed by atoms with van der Waals surface area (Å²) < 4.78 is 5.41. The maximum Gasteiger partial charge on any atom is 0.223 e. The van der Waals surface area contributed by atoms with Gasteiger partial charge in [0.1, 0.15) is 0 Å². The average Bonchev–Trinajstić information content (AvgIpc) is 3.18. The molecule has 0 radical (unpaired) electrons. The standard InChI is InChI=1S/C14H26N2O2.ClH/c1-2-18-10-7-14(5-6-14)11-16-13(17)12-3-8-15-9-4-12;/h12,15H,2-11H2,1H3,(H,16,17);1H. The fourth-order valence-corrected chi connectivity index (χ4v) is 2.63. The Morgan fingerprint density at radius 2 is 2.05 bits per heavy atom. The molecule has 1 saturated carbocycles. The minimum absolute atomic E-state index is 0. The fourth-order valence-electron chi connectivity index (χ4n) is 2.63. The van der Waals surface area contributed by atoms with Crippen molar-refractivity contribution in [1.29, 1.82) is 0 Å². The van der Waals surface area contributed by atoms with Gasteiger partial charge in [0, 0.05) is 25.7 Å². The molecule has 112 valence electrons. The molecule has 0 atom stereocenters. The summed E-state index contributed by atoms with van der Waals surface area (Å²) in [4.78, 5) is 12.0. The van der Waals surface area contributed by atoms with Gasteiger partial charge in [-0.25, -0.2) is 0 Å². The van der Waals surface area contributed by atoms with Crippen LogP contribution in [-0.4, -0.2) is 38.8 Å². The molecule has 1 heterocycles. The zero-order valence-corrected chi connectivity index (χ0v) is 12.7. The van der Waals surface area contributed by atoms with Crippen molar-refractivity contribution in [3.8, 4) is 0 Å². The Morgan fingerprint density at radius 3 is 2.63 bits per heavy atom. The van der Waals surface area contributed by atoms with Gasteiger partial charge in [0.2, 0.25) is 5.91 Å². The third kappa shape index (κ3) is 5.28. The van der Waals surface area contributed by atoms with Crippen molar-refractivity contribution in [2.24, 2.45) is 11.3 Å². The third-order valence-corrected chi connectivity index (χ3v) is 4.29. The minimum atomic E-state index is 0. The maximum atomic E-state index is 12.0. The summed E-state index contributed by atoms with van der Waals surface area (Å²) in [7, 11) is 0. The van der Waals surface area contributed by atoms with Gasteiger partial charge in [0.05, 0.1) is 0 Å². The molecule has 2 fully saturated rings. The van der Waals surface area contributed by atoms with E-state index in [9.17, 15) is 4.79 Å². The Hall–Kier alpha value is -0.320. The monoisotopic (exact) mass is 290 g/mol. The molecule has 2 rings (SSSR count). The molecule has 0 bridgehead atoms. The van der Waals surface area contributed by atoms with Gasteiger partial charge < -0.3 is 15.4 Å². The van der Waals surface area contributed by atoms with Crippen LogP contribution in [0.4, 0.5) is 0 Å². The Bertz CT molecular complexity index is 277.